The zero-order valence-electron chi connectivity index (χ0n) is 11.6. The van der Waals surface area contributed by atoms with E-state index in [1.165, 1.54) is 30.7 Å². The molecule has 1 aliphatic heterocycles. The van der Waals surface area contributed by atoms with Crippen LogP contribution >= 0.6 is 0 Å². The molecule has 1 saturated heterocycles. The molecule has 1 unspecified atom stereocenters. The van der Waals surface area contributed by atoms with Gasteiger partial charge in [0.15, 0.2) is 0 Å². The highest BCUT2D eigenvalue weighted by Crippen LogP contribution is 2.23. The SMILES string of the molecule is Fc1ccc(CCn2cncc2C2CCCNC2)cc1. The van der Waals surface area contributed by atoms with E-state index in [9.17, 15) is 4.39 Å². The van der Waals surface area contributed by atoms with Crippen molar-refractivity contribution in [2.24, 2.45) is 0 Å². The van der Waals surface area contributed by atoms with Gasteiger partial charge in [0.05, 0.1) is 6.33 Å². The van der Waals surface area contributed by atoms with Crippen LogP contribution in [0.2, 0.25) is 0 Å². The maximum Gasteiger partial charge on any atom is 0.123 e. The minimum Gasteiger partial charge on any atom is -0.334 e. The smallest absolute Gasteiger partial charge is 0.123 e. The van der Waals surface area contributed by atoms with Gasteiger partial charge in [-0.25, -0.2) is 9.37 Å². The number of piperidine rings is 1. The molecule has 1 fully saturated rings. The number of benzene rings is 1. The van der Waals surface area contributed by atoms with E-state index in [4.69, 9.17) is 0 Å². The Labute approximate surface area is 118 Å². The van der Waals surface area contributed by atoms with Crippen LogP contribution in [0.3, 0.4) is 0 Å². The quantitative estimate of drug-likeness (QED) is 0.928. The Balaban J connectivity index is 1.65. The number of nitrogens with one attached hydrogen (secondary N) is 1. The number of aromatic nitrogens is 2. The number of hydrogen-bond donors (Lipinski definition) is 1. The highest BCUT2D eigenvalue weighted by molar-refractivity contribution is 5.16. The van der Waals surface area contributed by atoms with E-state index in [1.54, 1.807) is 0 Å². The first-order valence-corrected chi connectivity index (χ1v) is 7.28. The van der Waals surface area contributed by atoms with E-state index >= 15 is 0 Å². The van der Waals surface area contributed by atoms with Gasteiger partial charge in [0.1, 0.15) is 5.82 Å². The van der Waals surface area contributed by atoms with Crippen LogP contribution in [0.4, 0.5) is 4.39 Å². The molecule has 1 aromatic heterocycles. The van der Waals surface area contributed by atoms with Crippen molar-refractivity contribution >= 4 is 0 Å². The Morgan fingerprint density at radius 1 is 1.30 bits per heavy atom. The fourth-order valence-electron chi connectivity index (χ4n) is 2.86. The second-order valence-electron chi connectivity index (χ2n) is 5.43. The van der Waals surface area contributed by atoms with Gasteiger partial charge in [0.2, 0.25) is 0 Å². The standard InChI is InChI=1S/C16H20FN3/c17-15-5-3-13(4-6-15)7-9-20-12-19-11-16(20)14-2-1-8-18-10-14/h3-6,11-12,14,18H,1-2,7-10H2. The van der Waals surface area contributed by atoms with Crippen LogP contribution in [0.15, 0.2) is 36.8 Å². The first-order chi connectivity index (χ1) is 9.83. The molecule has 0 bridgehead atoms. The van der Waals surface area contributed by atoms with Crippen LogP contribution in [-0.4, -0.2) is 22.6 Å². The summed E-state index contributed by atoms with van der Waals surface area (Å²) in [6.45, 7) is 3.07. The molecule has 1 N–H and O–H groups in total. The molecule has 2 aromatic rings. The molecule has 106 valence electrons. The fraction of sp³-hybridized carbons (Fsp3) is 0.438. The molecular weight excluding hydrogens is 253 g/mol. The van der Waals surface area contributed by atoms with Crippen molar-refractivity contribution in [3.8, 4) is 0 Å². The van der Waals surface area contributed by atoms with Gasteiger partial charge in [-0.2, -0.15) is 0 Å². The minimum atomic E-state index is -0.176. The molecule has 3 rings (SSSR count). The number of imidazole rings is 1. The molecule has 3 nitrogen and oxygen atoms in total. The lowest BCUT2D eigenvalue weighted by atomic mass is 9.96. The lowest BCUT2D eigenvalue weighted by Crippen LogP contribution is -2.29. The monoisotopic (exact) mass is 273 g/mol. The summed E-state index contributed by atoms with van der Waals surface area (Å²) in [7, 11) is 0. The fourth-order valence-corrected chi connectivity index (χ4v) is 2.86. The zero-order valence-corrected chi connectivity index (χ0v) is 11.6. The van der Waals surface area contributed by atoms with Crippen molar-refractivity contribution in [2.45, 2.75) is 31.7 Å². The van der Waals surface area contributed by atoms with Gasteiger partial charge >= 0.3 is 0 Å². The van der Waals surface area contributed by atoms with Crippen molar-refractivity contribution in [3.05, 3.63) is 53.9 Å². The molecule has 1 atom stereocenters. The van der Waals surface area contributed by atoms with Crippen molar-refractivity contribution < 1.29 is 4.39 Å². The van der Waals surface area contributed by atoms with Crippen molar-refractivity contribution in [1.82, 2.24) is 14.9 Å². The molecule has 0 aliphatic carbocycles. The summed E-state index contributed by atoms with van der Waals surface area (Å²) in [6.07, 6.45) is 7.27. The number of nitrogens with zero attached hydrogens (tertiary/aromatic N) is 2. The first-order valence-electron chi connectivity index (χ1n) is 7.28. The number of rotatable bonds is 4. The molecule has 0 radical (unpaired) electrons. The second-order valence-corrected chi connectivity index (χ2v) is 5.43. The van der Waals surface area contributed by atoms with E-state index in [2.05, 4.69) is 14.9 Å². The number of halogens is 1. The first kappa shape index (κ1) is 13.3. The average Bonchev–Trinajstić information content (AvgIpc) is 2.96. The van der Waals surface area contributed by atoms with Crippen molar-refractivity contribution in [2.75, 3.05) is 13.1 Å². The molecule has 0 saturated carbocycles. The van der Waals surface area contributed by atoms with E-state index < -0.39 is 0 Å². The summed E-state index contributed by atoms with van der Waals surface area (Å²) in [6, 6.07) is 6.76. The summed E-state index contributed by atoms with van der Waals surface area (Å²) < 4.78 is 15.1. The molecular formula is C16H20FN3. The summed E-state index contributed by atoms with van der Waals surface area (Å²) in [4.78, 5) is 4.30. The Hall–Kier alpha value is -1.68. The van der Waals surface area contributed by atoms with Crippen molar-refractivity contribution in [1.29, 1.82) is 0 Å². The Morgan fingerprint density at radius 2 is 2.15 bits per heavy atom. The topological polar surface area (TPSA) is 29.9 Å². The average molecular weight is 273 g/mol. The second kappa shape index (κ2) is 6.18. The largest absolute Gasteiger partial charge is 0.334 e. The van der Waals surface area contributed by atoms with Crippen LogP contribution in [0, 0.1) is 5.82 Å². The predicted octanol–water partition coefficient (Wildman–Crippen LogP) is 2.73. The maximum absolute atomic E-state index is 12.9. The molecule has 0 amide bonds. The molecule has 1 aromatic carbocycles. The van der Waals surface area contributed by atoms with Crippen LogP contribution < -0.4 is 5.32 Å². The van der Waals surface area contributed by atoms with Gasteiger partial charge in [-0.1, -0.05) is 12.1 Å². The van der Waals surface area contributed by atoms with Gasteiger partial charge in [0, 0.05) is 30.9 Å². The third-order valence-corrected chi connectivity index (χ3v) is 4.01. The Bertz CT molecular complexity index is 541. The summed E-state index contributed by atoms with van der Waals surface area (Å²) in [5.41, 5.74) is 2.48. The van der Waals surface area contributed by atoms with E-state index in [0.29, 0.717) is 5.92 Å². The van der Waals surface area contributed by atoms with E-state index in [1.807, 2.05) is 24.7 Å². The van der Waals surface area contributed by atoms with Gasteiger partial charge in [-0.3, -0.25) is 0 Å². The van der Waals surface area contributed by atoms with Crippen LogP contribution in [0.25, 0.3) is 0 Å². The highest BCUT2D eigenvalue weighted by Gasteiger charge is 2.18. The predicted molar refractivity (Wildman–Crippen MR) is 77.2 cm³/mol. The zero-order chi connectivity index (χ0) is 13.8. The van der Waals surface area contributed by atoms with Crippen molar-refractivity contribution in [3.63, 3.8) is 0 Å². The van der Waals surface area contributed by atoms with Crippen LogP contribution in [0.5, 0.6) is 0 Å². The van der Waals surface area contributed by atoms with Crippen LogP contribution in [-0.2, 0) is 13.0 Å². The molecule has 20 heavy (non-hydrogen) atoms. The van der Waals surface area contributed by atoms with Crippen LogP contribution in [0.1, 0.15) is 30.0 Å². The summed E-state index contributed by atoms with van der Waals surface area (Å²) in [5, 5.41) is 3.45. The number of hydrogen-bond acceptors (Lipinski definition) is 2. The highest BCUT2D eigenvalue weighted by atomic mass is 19.1. The summed E-state index contributed by atoms with van der Waals surface area (Å²) in [5.74, 6) is 0.393. The third-order valence-electron chi connectivity index (χ3n) is 4.01. The van der Waals surface area contributed by atoms with E-state index in [-0.39, 0.29) is 5.82 Å². The van der Waals surface area contributed by atoms with Gasteiger partial charge in [0.25, 0.3) is 0 Å². The Kier molecular flexibility index (Phi) is 4.11. The molecule has 2 heterocycles. The Morgan fingerprint density at radius 3 is 2.90 bits per heavy atom. The molecule has 1 aliphatic rings. The number of aryl methyl sites for hydroxylation is 2. The lowest BCUT2D eigenvalue weighted by Gasteiger charge is -2.23. The minimum absolute atomic E-state index is 0.176. The lowest BCUT2D eigenvalue weighted by molar-refractivity contribution is 0.440. The summed E-state index contributed by atoms with van der Waals surface area (Å²) >= 11 is 0. The van der Waals surface area contributed by atoms with Gasteiger partial charge < -0.3 is 9.88 Å². The molecule has 4 heteroatoms. The normalized spacial score (nSPS) is 19.1. The molecule has 0 spiro atoms. The maximum atomic E-state index is 12.9. The van der Waals surface area contributed by atoms with E-state index in [0.717, 1.165) is 31.6 Å². The third kappa shape index (κ3) is 3.07. The van der Waals surface area contributed by atoms with Gasteiger partial charge in [-0.05, 0) is 43.5 Å². The van der Waals surface area contributed by atoms with Gasteiger partial charge in [-0.15, -0.1) is 0 Å².